The number of nitrogens with one attached hydrogen (secondary N) is 1. The third-order valence-corrected chi connectivity index (χ3v) is 8.59. The second kappa shape index (κ2) is 7.14. The molecule has 0 atom stereocenters. The molecule has 3 rings (SSSR count). The Labute approximate surface area is 168 Å². The van der Waals surface area contributed by atoms with E-state index in [9.17, 15) is 21.6 Å². The third kappa shape index (κ3) is 3.79. The van der Waals surface area contributed by atoms with E-state index in [1.807, 2.05) is 5.38 Å². The van der Waals surface area contributed by atoms with Crippen LogP contribution >= 0.6 is 11.3 Å². The van der Waals surface area contributed by atoms with E-state index in [1.165, 1.54) is 44.4 Å². The summed E-state index contributed by atoms with van der Waals surface area (Å²) in [5, 5.41) is 1.83. The maximum Gasteiger partial charge on any atom is 0.247 e. The second-order valence-electron chi connectivity index (χ2n) is 6.95. The molecule has 2 heterocycles. The predicted octanol–water partition coefficient (Wildman–Crippen LogP) is 1.94. The first-order valence-electron chi connectivity index (χ1n) is 8.25. The fourth-order valence-corrected chi connectivity index (χ4v) is 6.95. The van der Waals surface area contributed by atoms with Crippen molar-refractivity contribution in [1.82, 2.24) is 4.72 Å². The molecule has 1 saturated heterocycles. The molecule has 1 aliphatic rings. The van der Waals surface area contributed by atoms with Gasteiger partial charge in [0.1, 0.15) is 10.6 Å². The molecule has 0 radical (unpaired) electrons. The van der Waals surface area contributed by atoms with E-state index < -0.39 is 31.4 Å². The zero-order valence-corrected chi connectivity index (χ0v) is 17.9. The number of methoxy groups -OCH3 is 1. The number of hydrogen-bond acceptors (Lipinski definition) is 7. The molecule has 1 fully saturated rings. The summed E-state index contributed by atoms with van der Waals surface area (Å²) in [6.07, 6.45) is 0. The number of sulfonamides is 2. The number of thiophene rings is 1. The van der Waals surface area contributed by atoms with Gasteiger partial charge in [-0.1, -0.05) is 6.07 Å². The van der Waals surface area contributed by atoms with Gasteiger partial charge in [0.05, 0.1) is 24.0 Å². The number of nitrogens with zero attached hydrogens (tertiary/aromatic N) is 1. The Morgan fingerprint density at radius 2 is 2.00 bits per heavy atom. The minimum Gasteiger partial charge on any atom is -0.495 e. The van der Waals surface area contributed by atoms with Gasteiger partial charge in [-0.2, -0.15) is 0 Å². The highest BCUT2D eigenvalue weighted by molar-refractivity contribution is 7.94. The molecule has 152 valence electrons. The highest BCUT2D eigenvalue weighted by Gasteiger charge is 2.50. The van der Waals surface area contributed by atoms with Crippen molar-refractivity contribution in [2.24, 2.45) is 5.41 Å². The molecule has 0 unspecified atom stereocenters. The van der Waals surface area contributed by atoms with E-state index in [2.05, 4.69) is 4.72 Å². The van der Waals surface area contributed by atoms with Crippen molar-refractivity contribution in [3.8, 4) is 5.75 Å². The van der Waals surface area contributed by atoms with Gasteiger partial charge in [-0.25, -0.2) is 25.9 Å². The lowest BCUT2D eigenvalue weighted by Gasteiger charge is -2.19. The topological polar surface area (TPSA) is 110 Å². The summed E-state index contributed by atoms with van der Waals surface area (Å²) in [5.41, 5.74) is -1.12. The van der Waals surface area contributed by atoms with Gasteiger partial charge in [0, 0.05) is 11.4 Å². The van der Waals surface area contributed by atoms with Crippen molar-refractivity contribution in [3.05, 3.63) is 40.6 Å². The number of hydrogen-bond donors (Lipinski definition) is 1. The fourth-order valence-electron chi connectivity index (χ4n) is 2.92. The summed E-state index contributed by atoms with van der Waals surface area (Å²) < 4.78 is 58.9. The van der Waals surface area contributed by atoms with Crippen molar-refractivity contribution in [1.29, 1.82) is 0 Å². The molecular weight excluding hydrogens is 424 g/mol. The van der Waals surface area contributed by atoms with Gasteiger partial charge in [-0.3, -0.25) is 4.79 Å². The Kier molecular flexibility index (Phi) is 5.30. The molecule has 8 nitrogen and oxygen atoms in total. The van der Waals surface area contributed by atoms with Gasteiger partial charge in [0.15, 0.2) is 0 Å². The van der Waals surface area contributed by atoms with Crippen molar-refractivity contribution in [2.75, 3.05) is 17.2 Å². The Morgan fingerprint density at radius 1 is 1.29 bits per heavy atom. The molecule has 1 aromatic heterocycles. The monoisotopic (exact) mass is 444 g/mol. The van der Waals surface area contributed by atoms with Crippen molar-refractivity contribution >= 4 is 43.0 Å². The summed E-state index contributed by atoms with van der Waals surface area (Å²) in [5.74, 6) is -0.901. The zero-order chi connectivity index (χ0) is 20.7. The molecule has 1 aliphatic heterocycles. The highest BCUT2D eigenvalue weighted by Crippen LogP contribution is 2.38. The van der Waals surface area contributed by atoms with E-state index in [-0.39, 0.29) is 28.6 Å². The van der Waals surface area contributed by atoms with Gasteiger partial charge in [0.2, 0.25) is 26.0 Å². The van der Waals surface area contributed by atoms with Crippen molar-refractivity contribution < 1.29 is 26.4 Å². The average molecular weight is 445 g/mol. The molecule has 0 spiro atoms. The summed E-state index contributed by atoms with van der Waals surface area (Å²) in [7, 11) is -6.60. The number of rotatable bonds is 6. The van der Waals surface area contributed by atoms with Crippen LogP contribution in [0.3, 0.4) is 0 Å². The molecule has 1 N–H and O–H groups in total. The molecule has 1 aromatic carbocycles. The van der Waals surface area contributed by atoms with Crippen LogP contribution in [0, 0.1) is 5.41 Å². The number of benzene rings is 1. The summed E-state index contributed by atoms with van der Waals surface area (Å²) >= 11 is 1.40. The van der Waals surface area contributed by atoms with E-state index >= 15 is 0 Å². The first-order chi connectivity index (χ1) is 13.0. The van der Waals surface area contributed by atoms with Gasteiger partial charge < -0.3 is 4.74 Å². The molecule has 0 bridgehead atoms. The first kappa shape index (κ1) is 20.8. The Bertz CT molecular complexity index is 1110. The van der Waals surface area contributed by atoms with Crippen LogP contribution < -0.4 is 13.8 Å². The molecule has 28 heavy (non-hydrogen) atoms. The maximum absolute atomic E-state index is 12.8. The maximum atomic E-state index is 12.8. The van der Waals surface area contributed by atoms with E-state index in [0.717, 1.165) is 10.9 Å². The normalized spacial score (nSPS) is 18.4. The lowest BCUT2D eigenvalue weighted by atomic mass is 9.95. The van der Waals surface area contributed by atoms with Crippen molar-refractivity contribution in [3.63, 3.8) is 0 Å². The standard InChI is InChI=1S/C17H20N2O6S3/c1-17(2)11-27(21,22)19(16(17)20)12-6-7-14(25-3)15(9-12)28(23,24)18-10-13-5-4-8-26-13/h4-9,18H,10-11H2,1-3H3. The van der Waals surface area contributed by atoms with Crippen LogP contribution in [0.5, 0.6) is 5.75 Å². The van der Waals surface area contributed by atoms with Gasteiger partial charge >= 0.3 is 0 Å². The fraction of sp³-hybridized carbons (Fsp3) is 0.353. The Morgan fingerprint density at radius 3 is 2.54 bits per heavy atom. The molecule has 2 aromatic rings. The molecule has 11 heteroatoms. The second-order valence-corrected chi connectivity index (χ2v) is 11.5. The summed E-state index contributed by atoms with van der Waals surface area (Å²) in [6, 6.07) is 7.43. The SMILES string of the molecule is COc1ccc(N2C(=O)C(C)(C)CS2(=O)=O)cc1S(=O)(=O)NCc1cccs1. The number of ether oxygens (including phenoxy) is 1. The lowest BCUT2D eigenvalue weighted by Crippen LogP contribution is -2.33. The largest absolute Gasteiger partial charge is 0.495 e. The van der Waals surface area contributed by atoms with Gasteiger partial charge in [-0.15, -0.1) is 11.3 Å². The van der Waals surface area contributed by atoms with Crippen LogP contribution in [0.1, 0.15) is 18.7 Å². The molecule has 0 aliphatic carbocycles. The minimum atomic E-state index is -4.02. The van der Waals surface area contributed by atoms with E-state index in [1.54, 1.807) is 12.1 Å². The Balaban J connectivity index is 2.02. The predicted molar refractivity (Wildman–Crippen MR) is 106 cm³/mol. The smallest absolute Gasteiger partial charge is 0.247 e. The van der Waals surface area contributed by atoms with E-state index in [0.29, 0.717) is 4.31 Å². The Hall–Kier alpha value is -1.95. The van der Waals surface area contributed by atoms with Crippen LogP contribution in [0.25, 0.3) is 0 Å². The average Bonchev–Trinajstić information content (AvgIpc) is 3.17. The number of carbonyl (C=O) groups is 1. The van der Waals surface area contributed by atoms with Crippen LogP contribution in [0.2, 0.25) is 0 Å². The summed E-state index contributed by atoms with van der Waals surface area (Å²) in [4.78, 5) is 13.2. The molecule has 0 saturated carbocycles. The quantitative estimate of drug-likeness (QED) is 0.729. The molecular formula is C17H20N2O6S3. The number of anilines is 1. The number of amides is 1. The van der Waals surface area contributed by atoms with Crippen LogP contribution in [-0.2, 0) is 31.4 Å². The number of carbonyl (C=O) groups excluding carboxylic acids is 1. The van der Waals surface area contributed by atoms with Crippen LogP contribution in [0.4, 0.5) is 5.69 Å². The van der Waals surface area contributed by atoms with Gasteiger partial charge in [0.25, 0.3) is 0 Å². The van der Waals surface area contributed by atoms with Crippen LogP contribution in [0.15, 0.2) is 40.6 Å². The first-order valence-corrected chi connectivity index (χ1v) is 12.2. The molecule has 1 amide bonds. The highest BCUT2D eigenvalue weighted by atomic mass is 32.2. The zero-order valence-electron chi connectivity index (χ0n) is 15.5. The summed E-state index contributed by atoms with van der Waals surface area (Å²) in [6.45, 7) is 3.16. The lowest BCUT2D eigenvalue weighted by molar-refractivity contribution is -0.123. The van der Waals surface area contributed by atoms with Crippen molar-refractivity contribution in [2.45, 2.75) is 25.3 Å². The van der Waals surface area contributed by atoms with Crippen LogP contribution in [-0.4, -0.2) is 35.6 Å². The van der Waals surface area contributed by atoms with Gasteiger partial charge in [-0.05, 0) is 43.5 Å². The van der Waals surface area contributed by atoms with E-state index in [4.69, 9.17) is 4.74 Å². The minimum absolute atomic E-state index is 0.0344. The third-order valence-electron chi connectivity index (χ3n) is 4.27.